The normalized spacial score (nSPS) is 26.8. The van der Waals surface area contributed by atoms with Crippen LogP contribution in [0.1, 0.15) is 46.5 Å². The van der Waals surface area contributed by atoms with Crippen LogP contribution in [0.15, 0.2) is 0 Å². The molecule has 1 N–H and O–H groups in total. The third kappa shape index (κ3) is 3.21. The Balaban J connectivity index is 2.29. The van der Waals surface area contributed by atoms with Gasteiger partial charge in [0.05, 0.1) is 19.3 Å². The van der Waals surface area contributed by atoms with E-state index in [1.807, 2.05) is 0 Å². The molecule has 1 aliphatic rings. The summed E-state index contributed by atoms with van der Waals surface area (Å²) < 4.78 is 11.4. The Morgan fingerprint density at radius 1 is 1.12 bits per heavy atom. The van der Waals surface area contributed by atoms with Crippen LogP contribution in [0.5, 0.6) is 0 Å². The van der Waals surface area contributed by atoms with Crippen molar-refractivity contribution in [2.45, 2.75) is 58.6 Å². The topological polar surface area (TPSA) is 30.5 Å². The SMILES string of the molecule is CCCOCCOC1CC(NC)C1(CC)CC. The fourth-order valence-corrected chi connectivity index (χ4v) is 3.08. The van der Waals surface area contributed by atoms with Crippen molar-refractivity contribution < 1.29 is 9.47 Å². The summed E-state index contributed by atoms with van der Waals surface area (Å²) in [7, 11) is 2.06. The summed E-state index contributed by atoms with van der Waals surface area (Å²) in [5.74, 6) is 0. The first-order valence-electron chi connectivity index (χ1n) is 7.11. The molecule has 2 unspecified atom stereocenters. The van der Waals surface area contributed by atoms with Gasteiger partial charge >= 0.3 is 0 Å². The van der Waals surface area contributed by atoms with Gasteiger partial charge in [0.2, 0.25) is 0 Å². The largest absolute Gasteiger partial charge is 0.379 e. The van der Waals surface area contributed by atoms with Crippen molar-refractivity contribution in [2.75, 3.05) is 26.9 Å². The zero-order chi connectivity index (χ0) is 12.7. The van der Waals surface area contributed by atoms with Crippen molar-refractivity contribution in [3.05, 3.63) is 0 Å². The van der Waals surface area contributed by atoms with Gasteiger partial charge in [0, 0.05) is 18.1 Å². The smallest absolute Gasteiger partial charge is 0.0704 e. The average Bonchev–Trinajstić information content (AvgIpc) is 2.34. The molecule has 0 heterocycles. The number of ether oxygens (including phenoxy) is 2. The minimum absolute atomic E-state index is 0.347. The van der Waals surface area contributed by atoms with E-state index in [1.54, 1.807) is 0 Å². The van der Waals surface area contributed by atoms with Gasteiger partial charge in [-0.3, -0.25) is 0 Å². The Labute approximate surface area is 106 Å². The van der Waals surface area contributed by atoms with Crippen LogP contribution >= 0.6 is 0 Å². The number of hydrogen-bond acceptors (Lipinski definition) is 3. The Morgan fingerprint density at radius 2 is 1.82 bits per heavy atom. The van der Waals surface area contributed by atoms with Crippen molar-refractivity contribution in [2.24, 2.45) is 5.41 Å². The molecular formula is C14H29NO2. The van der Waals surface area contributed by atoms with Crippen molar-refractivity contribution in [1.82, 2.24) is 5.32 Å². The van der Waals surface area contributed by atoms with E-state index in [0.717, 1.165) is 32.7 Å². The Kier molecular flexibility index (Phi) is 6.45. The molecular weight excluding hydrogens is 214 g/mol. The maximum absolute atomic E-state index is 5.99. The molecule has 0 aromatic heterocycles. The van der Waals surface area contributed by atoms with E-state index < -0.39 is 0 Å². The number of rotatable bonds is 9. The fourth-order valence-electron chi connectivity index (χ4n) is 3.08. The predicted molar refractivity (Wildman–Crippen MR) is 71.3 cm³/mol. The van der Waals surface area contributed by atoms with Crippen molar-refractivity contribution in [3.63, 3.8) is 0 Å². The van der Waals surface area contributed by atoms with Crippen LogP contribution < -0.4 is 5.32 Å². The first-order valence-corrected chi connectivity index (χ1v) is 7.11. The first kappa shape index (κ1) is 14.9. The third-order valence-corrected chi connectivity index (χ3v) is 4.35. The van der Waals surface area contributed by atoms with Gasteiger partial charge in [0.15, 0.2) is 0 Å². The lowest BCUT2D eigenvalue weighted by Gasteiger charge is -2.55. The van der Waals surface area contributed by atoms with E-state index in [4.69, 9.17) is 9.47 Å². The molecule has 0 saturated heterocycles. The molecule has 1 rings (SSSR count). The molecule has 0 aliphatic heterocycles. The molecule has 0 spiro atoms. The van der Waals surface area contributed by atoms with Crippen LogP contribution in [0.3, 0.4) is 0 Å². The van der Waals surface area contributed by atoms with E-state index in [1.165, 1.54) is 12.8 Å². The maximum atomic E-state index is 5.99. The third-order valence-electron chi connectivity index (χ3n) is 4.35. The molecule has 0 aromatic carbocycles. The lowest BCUT2D eigenvalue weighted by atomic mass is 9.59. The highest BCUT2D eigenvalue weighted by Gasteiger charge is 2.52. The second kappa shape index (κ2) is 7.34. The lowest BCUT2D eigenvalue weighted by Crippen LogP contribution is -2.62. The van der Waals surface area contributed by atoms with Crippen molar-refractivity contribution in [3.8, 4) is 0 Å². The number of nitrogens with one attached hydrogen (secondary N) is 1. The second-order valence-corrected chi connectivity index (χ2v) is 4.99. The fraction of sp³-hybridized carbons (Fsp3) is 1.00. The highest BCUT2D eigenvalue weighted by Crippen LogP contribution is 2.48. The van der Waals surface area contributed by atoms with Crippen LogP contribution in [0, 0.1) is 5.41 Å². The van der Waals surface area contributed by atoms with Crippen molar-refractivity contribution >= 4 is 0 Å². The van der Waals surface area contributed by atoms with Gasteiger partial charge in [-0.2, -0.15) is 0 Å². The Hall–Kier alpha value is -0.120. The minimum atomic E-state index is 0.347. The van der Waals surface area contributed by atoms with Gasteiger partial charge in [-0.25, -0.2) is 0 Å². The summed E-state index contributed by atoms with van der Waals surface area (Å²) >= 11 is 0. The standard InChI is InChI=1S/C14H29NO2/c1-5-8-16-9-10-17-13-11-12(15-4)14(13,6-2)7-3/h12-13,15H,5-11H2,1-4H3. The zero-order valence-electron chi connectivity index (χ0n) is 11.9. The van der Waals surface area contributed by atoms with E-state index in [9.17, 15) is 0 Å². The quantitative estimate of drug-likeness (QED) is 0.631. The van der Waals surface area contributed by atoms with Gasteiger partial charge in [0.1, 0.15) is 0 Å². The molecule has 0 bridgehead atoms. The van der Waals surface area contributed by atoms with Gasteiger partial charge in [-0.1, -0.05) is 20.8 Å². The van der Waals surface area contributed by atoms with Gasteiger partial charge in [0.25, 0.3) is 0 Å². The molecule has 102 valence electrons. The summed E-state index contributed by atoms with van der Waals surface area (Å²) in [6, 6.07) is 0.624. The van der Waals surface area contributed by atoms with E-state index in [0.29, 0.717) is 17.6 Å². The summed E-state index contributed by atoms with van der Waals surface area (Å²) in [5.41, 5.74) is 0.347. The molecule has 3 heteroatoms. The zero-order valence-corrected chi connectivity index (χ0v) is 11.9. The van der Waals surface area contributed by atoms with Crippen LogP contribution in [-0.4, -0.2) is 39.0 Å². The average molecular weight is 243 g/mol. The van der Waals surface area contributed by atoms with E-state index in [2.05, 4.69) is 33.1 Å². The minimum Gasteiger partial charge on any atom is -0.379 e. The van der Waals surface area contributed by atoms with Crippen LogP contribution in [-0.2, 0) is 9.47 Å². The van der Waals surface area contributed by atoms with Crippen LogP contribution in [0.2, 0.25) is 0 Å². The summed E-state index contributed by atoms with van der Waals surface area (Å²) in [6.45, 7) is 9.00. The van der Waals surface area contributed by atoms with Crippen LogP contribution in [0.4, 0.5) is 0 Å². The van der Waals surface area contributed by atoms with Gasteiger partial charge in [-0.15, -0.1) is 0 Å². The number of hydrogen-bond donors (Lipinski definition) is 1. The highest BCUT2D eigenvalue weighted by molar-refractivity contribution is 5.06. The van der Waals surface area contributed by atoms with E-state index >= 15 is 0 Å². The predicted octanol–water partition coefficient (Wildman–Crippen LogP) is 2.60. The highest BCUT2D eigenvalue weighted by atomic mass is 16.5. The molecule has 1 aliphatic carbocycles. The Morgan fingerprint density at radius 3 is 2.35 bits per heavy atom. The molecule has 3 nitrogen and oxygen atoms in total. The summed E-state index contributed by atoms with van der Waals surface area (Å²) in [5, 5.41) is 3.42. The molecule has 1 saturated carbocycles. The molecule has 2 atom stereocenters. The van der Waals surface area contributed by atoms with Crippen molar-refractivity contribution in [1.29, 1.82) is 0 Å². The lowest BCUT2D eigenvalue weighted by molar-refractivity contribution is -0.146. The van der Waals surface area contributed by atoms with Gasteiger partial charge < -0.3 is 14.8 Å². The van der Waals surface area contributed by atoms with Crippen LogP contribution in [0.25, 0.3) is 0 Å². The molecule has 0 radical (unpaired) electrons. The Bertz CT molecular complexity index is 204. The molecule has 0 amide bonds. The van der Waals surface area contributed by atoms with Gasteiger partial charge in [-0.05, 0) is 32.7 Å². The van der Waals surface area contributed by atoms with E-state index in [-0.39, 0.29) is 0 Å². The summed E-state index contributed by atoms with van der Waals surface area (Å²) in [6.07, 6.45) is 5.02. The first-order chi connectivity index (χ1) is 8.25. The molecule has 17 heavy (non-hydrogen) atoms. The summed E-state index contributed by atoms with van der Waals surface area (Å²) in [4.78, 5) is 0. The molecule has 1 fully saturated rings. The molecule has 0 aromatic rings. The maximum Gasteiger partial charge on any atom is 0.0704 e. The monoisotopic (exact) mass is 243 g/mol. The second-order valence-electron chi connectivity index (χ2n) is 4.99.